The summed E-state index contributed by atoms with van der Waals surface area (Å²) in [7, 11) is 0. The normalized spacial score (nSPS) is 11.9. The molecule has 0 aliphatic rings. The third-order valence-corrected chi connectivity index (χ3v) is 3.75. The van der Waals surface area contributed by atoms with Crippen molar-refractivity contribution in [3.05, 3.63) is 59.5 Å². The first kappa shape index (κ1) is 12.2. The standard InChI is InChI=1S/C15H8F3S/c16-15(17,18)13-5-3-10(4-6-13)12-2-1-11-7-8-19-14(11)9-12/h1-7,9H. The second-order valence-electron chi connectivity index (χ2n) is 4.19. The molecular weight excluding hydrogens is 269 g/mol. The third-order valence-electron chi connectivity index (χ3n) is 2.94. The molecular formula is C15H8F3S. The fraction of sp³-hybridized carbons (Fsp3) is 0.0667. The summed E-state index contributed by atoms with van der Waals surface area (Å²) in [5.74, 6) is 0. The lowest BCUT2D eigenvalue weighted by molar-refractivity contribution is -0.137. The molecule has 0 unspecified atom stereocenters. The number of benzene rings is 2. The molecule has 0 aliphatic heterocycles. The van der Waals surface area contributed by atoms with E-state index in [2.05, 4.69) is 5.38 Å². The summed E-state index contributed by atoms with van der Waals surface area (Å²) in [5, 5.41) is 4.14. The summed E-state index contributed by atoms with van der Waals surface area (Å²) in [4.78, 5) is 0. The number of hydrogen-bond donors (Lipinski definition) is 0. The van der Waals surface area contributed by atoms with E-state index in [0.29, 0.717) is 0 Å². The number of rotatable bonds is 1. The maximum atomic E-state index is 12.5. The molecule has 95 valence electrons. The first-order valence-corrected chi connectivity index (χ1v) is 6.43. The first-order valence-electron chi connectivity index (χ1n) is 5.61. The van der Waals surface area contributed by atoms with E-state index in [1.165, 1.54) is 23.5 Å². The Bertz CT molecular complexity index is 708. The molecule has 0 aliphatic carbocycles. The van der Waals surface area contributed by atoms with Gasteiger partial charge in [0.2, 0.25) is 0 Å². The highest BCUT2D eigenvalue weighted by Crippen LogP contribution is 2.32. The van der Waals surface area contributed by atoms with E-state index >= 15 is 0 Å². The molecule has 0 bridgehead atoms. The predicted molar refractivity (Wildman–Crippen MR) is 71.1 cm³/mol. The van der Waals surface area contributed by atoms with Crippen LogP contribution < -0.4 is 0 Å². The van der Waals surface area contributed by atoms with Gasteiger partial charge in [-0.05, 0) is 40.8 Å². The Kier molecular flexibility index (Phi) is 2.82. The summed E-state index contributed by atoms with van der Waals surface area (Å²) >= 11 is 1.50. The van der Waals surface area contributed by atoms with Crippen LogP contribution in [0.3, 0.4) is 0 Å². The molecule has 0 fully saturated rings. The highest BCUT2D eigenvalue weighted by molar-refractivity contribution is 7.16. The number of thiophene rings is 1. The summed E-state index contributed by atoms with van der Waals surface area (Å²) in [6, 6.07) is 13.0. The van der Waals surface area contributed by atoms with Crippen LogP contribution in [0.1, 0.15) is 5.56 Å². The van der Waals surface area contributed by atoms with Crippen LogP contribution >= 0.6 is 11.3 Å². The van der Waals surface area contributed by atoms with Gasteiger partial charge in [-0.2, -0.15) is 13.2 Å². The van der Waals surface area contributed by atoms with Crippen LogP contribution in [0, 0.1) is 5.38 Å². The van der Waals surface area contributed by atoms with Crippen molar-refractivity contribution in [1.29, 1.82) is 0 Å². The molecule has 2 aromatic carbocycles. The van der Waals surface area contributed by atoms with Crippen molar-refractivity contribution in [2.45, 2.75) is 6.18 Å². The van der Waals surface area contributed by atoms with Gasteiger partial charge in [-0.15, -0.1) is 11.3 Å². The highest BCUT2D eigenvalue weighted by atomic mass is 32.1. The minimum atomic E-state index is -4.29. The van der Waals surface area contributed by atoms with Gasteiger partial charge in [0.1, 0.15) is 0 Å². The summed E-state index contributed by atoms with van der Waals surface area (Å²) in [6.07, 6.45) is -4.29. The smallest absolute Gasteiger partial charge is 0.166 e. The van der Waals surface area contributed by atoms with E-state index in [0.717, 1.165) is 33.3 Å². The zero-order valence-electron chi connectivity index (χ0n) is 9.66. The Labute approximate surface area is 112 Å². The van der Waals surface area contributed by atoms with Crippen molar-refractivity contribution in [1.82, 2.24) is 0 Å². The molecule has 1 heterocycles. The van der Waals surface area contributed by atoms with E-state index in [4.69, 9.17) is 0 Å². The lowest BCUT2D eigenvalue weighted by Gasteiger charge is -2.07. The SMILES string of the molecule is FC(F)(F)c1ccc(-c2ccc3c[c]sc3c2)cc1. The minimum absolute atomic E-state index is 0.623. The van der Waals surface area contributed by atoms with Crippen LogP contribution in [0.25, 0.3) is 21.2 Å². The van der Waals surface area contributed by atoms with E-state index in [1.807, 2.05) is 24.3 Å². The average Bonchev–Trinajstić information content (AvgIpc) is 2.85. The fourth-order valence-corrected chi connectivity index (χ4v) is 2.67. The number of hydrogen-bond acceptors (Lipinski definition) is 1. The topological polar surface area (TPSA) is 0 Å². The molecule has 0 spiro atoms. The lowest BCUT2D eigenvalue weighted by Crippen LogP contribution is -2.03. The van der Waals surface area contributed by atoms with Crippen molar-refractivity contribution in [2.24, 2.45) is 0 Å². The van der Waals surface area contributed by atoms with Crippen LogP contribution in [0.4, 0.5) is 13.2 Å². The zero-order chi connectivity index (χ0) is 13.5. The molecule has 0 saturated carbocycles. The summed E-state index contributed by atoms with van der Waals surface area (Å²) in [5.41, 5.74) is 1.07. The van der Waals surface area contributed by atoms with Crippen LogP contribution in [0.2, 0.25) is 0 Å². The van der Waals surface area contributed by atoms with Crippen molar-refractivity contribution in [3.63, 3.8) is 0 Å². The fourth-order valence-electron chi connectivity index (χ4n) is 1.93. The average molecular weight is 277 g/mol. The van der Waals surface area contributed by atoms with Gasteiger partial charge in [0, 0.05) is 10.1 Å². The highest BCUT2D eigenvalue weighted by Gasteiger charge is 2.29. The Morgan fingerprint density at radius 1 is 0.895 bits per heavy atom. The van der Waals surface area contributed by atoms with Gasteiger partial charge in [-0.1, -0.05) is 24.3 Å². The second kappa shape index (κ2) is 4.38. The van der Waals surface area contributed by atoms with Crippen LogP contribution in [-0.2, 0) is 6.18 Å². The van der Waals surface area contributed by atoms with E-state index < -0.39 is 11.7 Å². The molecule has 0 saturated heterocycles. The molecule has 3 rings (SSSR count). The third kappa shape index (κ3) is 2.36. The van der Waals surface area contributed by atoms with E-state index in [9.17, 15) is 13.2 Å². The van der Waals surface area contributed by atoms with Crippen molar-refractivity contribution < 1.29 is 13.2 Å². The van der Waals surface area contributed by atoms with E-state index in [1.54, 1.807) is 0 Å². The van der Waals surface area contributed by atoms with Gasteiger partial charge in [0.15, 0.2) is 0 Å². The Balaban J connectivity index is 2.01. The van der Waals surface area contributed by atoms with Crippen molar-refractivity contribution in [3.8, 4) is 11.1 Å². The zero-order valence-corrected chi connectivity index (χ0v) is 10.5. The molecule has 3 aromatic rings. The molecule has 0 nitrogen and oxygen atoms in total. The number of halogens is 3. The molecule has 1 aromatic heterocycles. The van der Waals surface area contributed by atoms with Gasteiger partial charge in [-0.3, -0.25) is 0 Å². The molecule has 0 N–H and O–H groups in total. The number of fused-ring (bicyclic) bond motifs is 1. The second-order valence-corrected chi connectivity index (χ2v) is 5.07. The minimum Gasteiger partial charge on any atom is -0.166 e. The molecule has 4 heteroatoms. The lowest BCUT2D eigenvalue weighted by atomic mass is 10.0. The van der Waals surface area contributed by atoms with Gasteiger partial charge in [0.25, 0.3) is 0 Å². The molecule has 19 heavy (non-hydrogen) atoms. The molecule has 0 amide bonds. The maximum Gasteiger partial charge on any atom is 0.416 e. The Hall–Kier alpha value is -1.81. The largest absolute Gasteiger partial charge is 0.416 e. The van der Waals surface area contributed by atoms with Crippen LogP contribution in [0.5, 0.6) is 0 Å². The van der Waals surface area contributed by atoms with Gasteiger partial charge >= 0.3 is 6.18 Å². The quantitative estimate of drug-likeness (QED) is 0.559. The van der Waals surface area contributed by atoms with Crippen LogP contribution in [-0.4, -0.2) is 0 Å². The Morgan fingerprint density at radius 2 is 1.58 bits per heavy atom. The molecule has 1 radical (unpaired) electrons. The maximum absolute atomic E-state index is 12.5. The summed E-state index contributed by atoms with van der Waals surface area (Å²) < 4.78 is 38.5. The first-order chi connectivity index (χ1) is 9.04. The van der Waals surface area contributed by atoms with Crippen LogP contribution in [0.15, 0.2) is 48.5 Å². The number of alkyl halides is 3. The van der Waals surface area contributed by atoms with Gasteiger partial charge in [-0.25, -0.2) is 0 Å². The Morgan fingerprint density at radius 3 is 2.26 bits per heavy atom. The van der Waals surface area contributed by atoms with Gasteiger partial charge in [0.05, 0.1) is 5.56 Å². The molecule has 0 atom stereocenters. The van der Waals surface area contributed by atoms with Crippen molar-refractivity contribution in [2.75, 3.05) is 0 Å². The summed E-state index contributed by atoms with van der Waals surface area (Å²) in [6.45, 7) is 0. The predicted octanol–water partition coefficient (Wildman–Crippen LogP) is 5.39. The van der Waals surface area contributed by atoms with Crippen molar-refractivity contribution >= 4 is 21.4 Å². The van der Waals surface area contributed by atoms with E-state index in [-0.39, 0.29) is 0 Å². The monoisotopic (exact) mass is 277 g/mol. The van der Waals surface area contributed by atoms with Gasteiger partial charge < -0.3 is 0 Å².